The normalized spacial score (nSPS) is 23.5. The molecule has 6 aliphatic rings. The number of esters is 4. The Morgan fingerprint density at radius 1 is 0.590 bits per heavy atom. The van der Waals surface area contributed by atoms with E-state index in [1.807, 2.05) is 97.5 Å². The van der Waals surface area contributed by atoms with Crippen molar-refractivity contribution in [1.29, 1.82) is 0 Å². The second-order valence-electron chi connectivity index (χ2n) is 29.0. The molecule has 9 N–H and O–H groups in total. The molecule has 3 saturated carbocycles. The molecule has 7 rings (SSSR count). The topological polar surface area (TPSA) is 293 Å². The SMILES string of the molecule is CC(C)(C)N.CC(C)(C)N.CCC[C@@H](N[C@@H](C)C(C)=O)C(=O)OCC.CCC[C@H](N[C@@H](C)C(=O)N1C2CCCCC2C[C@H]1C(=O)OCc1ccccc1)C(=O)OCC.CCC[C@H](N[C@@H](C)C(=O)N1C2CCCCC2C[C@H]1COO)C(=O)OCC.C[C@@H]1CC2CCCCC2N1.I.II.I[I-]I. The van der Waals surface area contributed by atoms with E-state index in [-0.39, 0.29) is 120 Å². The Balaban J connectivity index is 0. The van der Waals surface area contributed by atoms with Gasteiger partial charge in [0.15, 0.2) is 0 Å². The molecule has 100 heavy (non-hydrogen) atoms. The summed E-state index contributed by atoms with van der Waals surface area (Å²) < 4.78 is 20.9. The number of nitrogens with two attached hydrogens (primary N) is 2. The molecule has 2 amide bonds. The third kappa shape index (κ3) is 42.5. The van der Waals surface area contributed by atoms with Crippen molar-refractivity contribution in [1.82, 2.24) is 31.1 Å². The number of nitrogens with zero attached hydrogens (tertiary/aromatic N) is 2. The van der Waals surface area contributed by atoms with Crippen LogP contribution < -0.4 is 46.0 Å². The number of Topliss-reactive ketones (excluding diaryl/α,β-unsaturated/α-hetero) is 1. The summed E-state index contributed by atoms with van der Waals surface area (Å²) in [4.78, 5) is 95.0. The van der Waals surface area contributed by atoms with Gasteiger partial charge in [0.1, 0.15) is 43.2 Å². The summed E-state index contributed by atoms with van der Waals surface area (Å²) in [6.45, 7) is 33.6. The van der Waals surface area contributed by atoms with Crippen LogP contribution in [0.2, 0.25) is 0 Å². The van der Waals surface area contributed by atoms with Crippen molar-refractivity contribution in [3.05, 3.63) is 35.9 Å². The van der Waals surface area contributed by atoms with Gasteiger partial charge in [-0.1, -0.05) is 109 Å². The van der Waals surface area contributed by atoms with Gasteiger partial charge in [0, 0.05) is 72.5 Å². The number of halogens is 6. The second kappa shape index (κ2) is 57.8. The van der Waals surface area contributed by atoms with Gasteiger partial charge in [-0.25, -0.2) is 9.68 Å². The van der Waals surface area contributed by atoms with E-state index >= 15 is 0 Å². The number of fused-ring (bicyclic) bond motifs is 3. The Hall–Kier alpha value is -0.230. The first-order valence-electron chi connectivity index (χ1n) is 36.5. The van der Waals surface area contributed by atoms with E-state index in [1.54, 1.807) is 46.4 Å². The molecule has 21 nitrogen and oxygen atoms in total. The van der Waals surface area contributed by atoms with Gasteiger partial charge < -0.3 is 45.5 Å². The van der Waals surface area contributed by atoms with Gasteiger partial charge >= 0.3 is 74.4 Å². The Bertz CT molecular complexity index is 2350. The van der Waals surface area contributed by atoms with Crippen LogP contribution in [0, 0.1) is 17.8 Å². The van der Waals surface area contributed by atoms with E-state index in [4.69, 9.17) is 35.7 Å². The van der Waals surface area contributed by atoms with Crippen molar-refractivity contribution < 1.29 is 75.9 Å². The van der Waals surface area contributed by atoms with E-state index < -0.39 is 30.2 Å². The van der Waals surface area contributed by atoms with Gasteiger partial charge in [-0.3, -0.25) is 50.0 Å². The maximum absolute atomic E-state index is 13.6. The molecule has 6 fully saturated rings. The number of carbonyl (C=O) groups is 7. The molecule has 3 heterocycles. The van der Waals surface area contributed by atoms with Crippen LogP contribution in [0.4, 0.5) is 0 Å². The maximum atomic E-state index is 13.6. The fraction of sp³-hybridized carbons (Fsp3) is 0.822. The minimum atomic E-state index is -0.601. The molecule has 0 radical (unpaired) electrons. The van der Waals surface area contributed by atoms with Crippen molar-refractivity contribution in [2.45, 2.75) is 343 Å². The predicted molar refractivity (Wildman–Crippen MR) is 444 cm³/mol. The first-order valence-corrected chi connectivity index (χ1v) is 55.4. The Kier molecular flexibility index (Phi) is 58.9. The molecule has 1 aromatic carbocycles. The summed E-state index contributed by atoms with van der Waals surface area (Å²) in [6, 6.07) is 8.08. The summed E-state index contributed by atoms with van der Waals surface area (Å²) in [5.41, 5.74) is 11.6. The molecule has 3 saturated heterocycles. The summed E-state index contributed by atoms with van der Waals surface area (Å²) >= 11 is 9.54. The Morgan fingerprint density at radius 2 is 0.960 bits per heavy atom. The molecule has 6 unspecified atom stereocenters. The van der Waals surface area contributed by atoms with Crippen molar-refractivity contribution >= 4 is 140 Å². The van der Waals surface area contributed by atoms with E-state index in [2.05, 4.69) is 108 Å². The molecular weight excluding hydrogens is 1960 g/mol. The Morgan fingerprint density at radius 3 is 1.35 bits per heavy atom. The van der Waals surface area contributed by atoms with Crippen LogP contribution in [-0.2, 0) is 64.0 Å². The second-order valence-corrected chi connectivity index (χ2v) is 45.3. The van der Waals surface area contributed by atoms with Gasteiger partial charge in [-0.2, -0.15) is 0 Å². The summed E-state index contributed by atoms with van der Waals surface area (Å²) in [7, 11) is 0. The van der Waals surface area contributed by atoms with E-state index in [9.17, 15) is 33.6 Å². The fourth-order valence-electron chi connectivity index (χ4n) is 13.6. The zero-order valence-corrected chi connectivity index (χ0v) is 76.7. The number of carbonyl (C=O) groups excluding carboxylic acids is 7. The number of rotatable bonds is 26. The van der Waals surface area contributed by atoms with Crippen LogP contribution in [0.15, 0.2) is 30.3 Å². The average molecular weight is 2090 g/mol. The number of hydrogen-bond acceptors (Lipinski definition) is 19. The number of hydrogen-bond donors (Lipinski definition) is 7. The summed E-state index contributed by atoms with van der Waals surface area (Å²) in [6.07, 6.45) is 21.8. The van der Waals surface area contributed by atoms with E-state index in [0.717, 1.165) is 94.2 Å². The van der Waals surface area contributed by atoms with Crippen LogP contribution in [0.25, 0.3) is 0 Å². The molecule has 3 aliphatic heterocycles. The third-order valence-electron chi connectivity index (χ3n) is 17.8. The summed E-state index contributed by atoms with van der Waals surface area (Å²) in [5.74, 6) is 0.442. The quantitative estimate of drug-likeness (QED) is 0.0149. The third-order valence-corrected chi connectivity index (χ3v) is 17.8. The summed E-state index contributed by atoms with van der Waals surface area (Å²) in [5, 5.41) is 21.9. The zero-order chi connectivity index (χ0) is 75.4. The number of nitrogens with one attached hydrogen (secondary N) is 4. The number of likely N-dealkylation sites (tertiary alicyclic amines) is 2. The van der Waals surface area contributed by atoms with Gasteiger partial charge in [0.2, 0.25) is 11.8 Å². The van der Waals surface area contributed by atoms with Crippen LogP contribution >= 0.6 is 98.4 Å². The molecule has 15 atom stereocenters. The number of amides is 2. The number of benzene rings is 1. The van der Waals surface area contributed by atoms with Crippen molar-refractivity contribution in [3.63, 3.8) is 0 Å². The van der Waals surface area contributed by atoms with Crippen molar-refractivity contribution in [3.8, 4) is 0 Å². The molecule has 0 bridgehead atoms. The van der Waals surface area contributed by atoms with Crippen LogP contribution in [0.1, 0.15) is 258 Å². The first-order chi connectivity index (χ1) is 46.8. The first kappa shape index (κ1) is 102. The minimum absolute atomic E-state index is 0. The Labute approximate surface area is 673 Å². The molecule has 1 aromatic rings. The molecule has 0 spiro atoms. The van der Waals surface area contributed by atoms with Gasteiger partial charge in [0.25, 0.3) is 0 Å². The molecule has 27 heteroatoms. The average Bonchev–Trinajstić information content (AvgIpc) is 1.63. The number of ether oxygens (including phenoxy) is 4. The zero-order valence-electron chi connectivity index (χ0n) is 63.6. The van der Waals surface area contributed by atoms with E-state index in [1.165, 1.54) is 45.4 Å². The van der Waals surface area contributed by atoms with Crippen molar-refractivity contribution in [2.75, 3.05) is 26.4 Å². The molecule has 586 valence electrons. The van der Waals surface area contributed by atoms with Gasteiger partial charge in [0.05, 0.1) is 44.0 Å². The van der Waals surface area contributed by atoms with Crippen LogP contribution in [0.5, 0.6) is 0 Å². The van der Waals surface area contributed by atoms with Crippen LogP contribution in [-0.4, -0.2) is 167 Å². The molecule has 3 aliphatic carbocycles. The monoisotopic (exact) mass is 2090 g/mol. The van der Waals surface area contributed by atoms with E-state index in [0.29, 0.717) is 70.6 Å². The predicted octanol–water partition coefficient (Wildman–Crippen LogP) is 11.8. The van der Waals surface area contributed by atoms with Gasteiger partial charge in [-0.15, -0.1) is 24.0 Å². The fourth-order valence-corrected chi connectivity index (χ4v) is 13.6. The molecular formula is C73H133I6N8O13-. The number of ketones is 1. The standard InChI is InChI=1S/C26H38N2O5.C19H34N2O5.C11H21NO3.C9H17N.2C4H11N.I3.I2.HI/c1-4-11-21(25(30)32-5-2)27-18(3)24(29)28-22-15-10-9-14-20(22)16-23(28)26(31)33-17-19-12-7-6-8-13-19;1-4-8-16(19(23)25-5-2)20-13(3)18(22)21-15(12-26-24)11-14-9-6-7-10-17(14)21;1-5-7-10(11(14)15-6-2)12-8(3)9(4)13;1-7-6-8-4-2-3-5-9(8)10-7;2*1-4(2,3)5;1-3-2;1-2;/h6-8,12-13,18,20-23,27H,4-5,9-11,14-17H2,1-3H3;13-17,20,24H,4-12H2,1-3H3;8,10,12H,5-7H2,1-4H3;7-10H,2-6H2,1H3;2*5H2,1-3H3;;;1H/q;;;;;;-1;;/t18-,20?,21-,22?,23-;13-,14?,15-,16-,17?;8-,10+;7-,8?,9?;;;;;/m0001...../s1. The van der Waals surface area contributed by atoms with Gasteiger partial charge in [-0.05, 0) is 197 Å². The molecule has 0 aromatic heterocycles. The van der Waals surface area contributed by atoms with Crippen molar-refractivity contribution in [2.24, 2.45) is 29.2 Å². The van der Waals surface area contributed by atoms with Crippen LogP contribution in [0.3, 0.4) is 0 Å².